The van der Waals surface area contributed by atoms with Gasteiger partial charge in [-0.1, -0.05) is 17.7 Å². The first kappa shape index (κ1) is 22.0. The van der Waals surface area contributed by atoms with Crippen LogP contribution in [0.3, 0.4) is 0 Å². The number of benzene rings is 1. The van der Waals surface area contributed by atoms with Gasteiger partial charge < -0.3 is 15.1 Å². The van der Waals surface area contributed by atoms with Crippen LogP contribution in [0.25, 0.3) is 0 Å². The molecule has 2 aliphatic heterocycles. The number of nitrogens with zero attached hydrogens (tertiary/aromatic N) is 3. The predicted molar refractivity (Wildman–Crippen MR) is 111 cm³/mol. The lowest BCUT2D eigenvalue weighted by atomic mass is 10.0. The minimum Gasteiger partial charge on any atom is -0.339 e. The molecule has 2 heterocycles. The van der Waals surface area contributed by atoms with Crippen LogP contribution in [0.5, 0.6) is 0 Å². The van der Waals surface area contributed by atoms with E-state index >= 15 is 0 Å². The topological polar surface area (TPSA) is 55.9 Å². The molecule has 0 saturated carbocycles. The summed E-state index contributed by atoms with van der Waals surface area (Å²) in [7, 11) is 0. The Morgan fingerprint density at radius 1 is 1.14 bits per heavy atom. The quantitative estimate of drug-likeness (QED) is 0.803. The summed E-state index contributed by atoms with van der Waals surface area (Å²) in [5.74, 6) is -0.476. The average molecular weight is 425 g/mol. The van der Waals surface area contributed by atoms with Gasteiger partial charge in [-0.2, -0.15) is 0 Å². The van der Waals surface area contributed by atoms with Gasteiger partial charge in [-0.15, -0.1) is 0 Å². The molecular weight excluding hydrogens is 395 g/mol. The van der Waals surface area contributed by atoms with Crippen molar-refractivity contribution in [2.45, 2.75) is 38.8 Å². The number of amides is 2. The van der Waals surface area contributed by atoms with E-state index in [2.05, 4.69) is 31.0 Å². The molecule has 29 heavy (non-hydrogen) atoms. The number of rotatable bonds is 3. The van der Waals surface area contributed by atoms with Crippen LogP contribution in [0.1, 0.15) is 26.3 Å². The molecule has 0 aromatic heterocycles. The number of piperazine rings is 2. The summed E-state index contributed by atoms with van der Waals surface area (Å²) in [5.41, 5.74) is 0.636. The summed E-state index contributed by atoms with van der Waals surface area (Å²) in [4.78, 5) is 31.4. The van der Waals surface area contributed by atoms with E-state index in [9.17, 15) is 14.0 Å². The number of nitrogens with one attached hydrogen (secondary N) is 1. The Bertz CT molecular complexity index is 760. The summed E-state index contributed by atoms with van der Waals surface area (Å²) in [6.07, 6.45) is 0.132. The number of carbonyl (C=O) groups excluding carboxylic acids is 2. The van der Waals surface area contributed by atoms with Crippen LogP contribution in [-0.2, 0) is 16.0 Å². The van der Waals surface area contributed by atoms with E-state index in [4.69, 9.17) is 11.6 Å². The Kier molecular flexibility index (Phi) is 6.81. The monoisotopic (exact) mass is 424 g/mol. The van der Waals surface area contributed by atoms with E-state index in [1.165, 1.54) is 12.1 Å². The summed E-state index contributed by atoms with van der Waals surface area (Å²) in [6.45, 7) is 11.0. The number of carbonyl (C=O) groups is 2. The molecule has 0 unspecified atom stereocenters. The zero-order valence-electron chi connectivity index (χ0n) is 17.4. The molecule has 2 amide bonds. The predicted octanol–water partition coefficient (Wildman–Crippen LogP) is 1.76. The first-order valence-corrected chi connectivity index (χ1v) is 10.5. The van der Waals surface area contributed by atoms with Crippen molar-refractivity contribution >= 4 is 23.4 Å². The first-order valence-electron chi connectivity index (χ1n) is 10.1. The van der Waals surface area contributed by atoms with E-state index in [1.54, 1.807) is 11.0 Å². The third-order valence-electron chi connectivity index (χ3n) is 5.71. The van der Waals surface area contributed by atoms with Crippen LogP contribution < -0.4 is 5.32 Å². The highest BCUT2D eigenvalue weighted by Gasteiger charge is 2.34. The smallest absolute Gasteiger partial charge is 0.241 e. The van der Waals surface area contributed by atoms with Crippen LogP contribution in [0.2, 0.25) is 5.02 Å². The molecule has 160 valence electrons. The van der Waals surface area contributed by atoms with Gasteiger partial charge >= 0.3 is 0 Å². The normalized spacial score (nSPS) is 21.3. The zero-order chi connectivity index (χ0) is 21.2. The van der Waals surface area contributed by atoms with Gasteiger partial charge in [0, 0.05) is 51.4 Å². The fourth-order valence-corrected chi connectivity index (χ4v) is 3.97. The maximum atomic E-state index is 13.6. The maximum Gasteiger partial charge on any atom is 0.241 e. The van der Waals surface area contributed by atoms with E-state index in [1.807, 2.05) is 4.90 Å². The lowest BCUT2D eigenvalue weighted by molar-refractivity contribution is -0.141. The highest BCUT2D eigenvalue weighted by molar-refractivity contribution is 6.30. The van der Waals surface area contributed by atoms with Crippen LogP contribution >= 0.6 is 11.6 Å². The van der Waals surface area contributed by atoms with Crippen LogP contribution in [0, 0.1) is 5.82 Å². The molecule has 0 radical (unpaired) electrons. The third-order valence-corrected chi connectivity index (χ3v) is 6.01. The van der Waals surface area contributed by atoms with Gasteiger partial charge in [0.2, 0.25) is 11.8 Å². The van der Waals surface area contributed by atoms with E-state index < -0.39 is 5.82 Å². The lowest BCUT2D eigenvalue weighted by Crippen LogP contribution is -2.63. The molecule has 3 rings (SSSR count). The van der Waals surface area contributed by atoms with E-state index in [0.29, 0.717) is 38.3 Å². The Hall–Kier alpha value is -1.70. The van der Waals surface area contributed by atoms with Crippen LogP contribution in [0.4, 0.5) is 4.39 Å². The fourth-order valence-electron chi connectivity index (χ4n) is 3.86. The highest BCUT2D eigenvalue weighted by atomic mass is 35.5. The SMILES string of the molecule is CC(C)(C)N1CCN[C@@H](C(=O)N2CCN(C(=O)Cc3ccc(Cl)c(F)c3)CC2)C1. The van der Waals surface area contributed by atoms with Crippen molar-refractivity contribution < 1.29 is 14.0 Å². The molecule has 1 N–H and O–H groups in total. The molecule has 0 aliphatic carbocycles. The van der Waals surface area contributed by atoms with Gasteiger partial charge in [0.1, 0.15) is 5.82 Å². The molecular formula is C21H30ClFN4O2. The molecule has 1 aromatic rings. The lowest BCUT2D eigenvalue weighted by Gasteiger charge is -2.43. The van der Waals surface area contributed by atoms with Gasteiger partial charge in [-0.25, -0.2) is 4.39 Å². The van der Waals surface area contributed by atoms with Gasteiger partial charge in [0.15, 0.2) is 0 Å². The van der Waals surface area contributed by atoms with Gasteiger partial charge in [-0.3, -0.25) is 14.5 Å². The van der Waals surface area contributed by atoms with Gasteiger partial charge in [0.25, 0.3) is 0 Å². The van der Waals surface area contributed by atoms with Gasteiger partial charge in [0.05, 0.1) is 17.5 Å². The van der Waals surface area contributed by atoms with Crippen molar-refractivity contribution in [3.8, 4) is 0 Å². The van der Waals surface area contributed by atoms with Crippen molar-refractivity contribution in [2.75, 3.05) is 45.8 Å². The summed E-state index contributed by atoms with van der Waals surface area (Å²) < 4.78 is 13.6. The van der Waals surface area contributed by atoms with Crippen molar-refractivity contribution in [3.63, 3.8) is 0 Å². The van der Waals surface area contributed by atoms with Crippen molar-refractivity contribution in [2.24, 2.45) is 0 Å². The molecule has 1 atom stereocenters. The fraction of sp³-hybridized carbons (Fsp3) is 0.619. The minimum atomic E-state index is -0.517. The third kappa shape index (κ3) is 5.47. The molecule has 2 aliphatic rings. The van der Waals surface area contributed by atoms with E-state index in [-0.39, 0.29) is 34.8 Å². The molecule has 0 spiro atoms. The zero-order valence-corrected chi connectivity index (χ0v) is 18.1. The Balaban J connectivity index is 1.51. The summed E-state index contributed by atoms with van der Waals surface area (Å²) in [6, 6.07) is 4.23. The Morgan fingerprint density at radius 2 is 1.79 bits per heavy atom. The molecule has 8 heteroatoms. The molecule has 2 saturated heterocycles. The second-order valence-electron chi connectivity index (χ2n) is 8.75. The second kappa shape index (κ2) is 8.98. The number of hydrogen-bond donors (Lipinski definition) is 1. The van der Waals surface area contributed by atoms with Crippen LogP contribution in [0.15, 0.2) is 18.2 Å². The van der Waals surface area contributed by atoms with Crippen molar-refractivity contribution in [3.05, 3.63) is 34.6 Å². The molecule has 6 nitrogen and oxygen atoms in total. The molecule has 1 aromatic carbocycles. The first-order chi connectivity index (χ1) is 13.6. The second-order valence-corrected chi connectivity index (χ2v) is 9.16. The molecule has 0 bridgehead atoms. The number of halogens is 2. The highest BCUT2D eigenvalue weighted by Crippen LogP contribution is 2.18. The number of hydrogen-bond acceptors (Lipinski definition) is 4. The summed E-state index contributed by atoms with van der Waals surface area (Å²) in [5, 5.41) is 3.39. The van der Waals surface area contributed by atoms with E-state index in [0.717, 1.165) is 13.1 Å². The van der Waals surface area contributed by atoms with Gasteiger partial charge in [-0.05, 0) is 38.5 Å². The Labute approximate surface area is 177 Å². The average Bonchev–Trinajstić information content (AvgIpc) is 2.70. The molecule has 2 fully saturated rings. The Morgan fingerprint density at radius 3 is 2.41 bits per heavy atom. The standard InChI is InChI=1S/C21H30ClFN4O2/c1-21(2,3)27-7-6-24-18(14-27)20(29)26-10-8-25(9-11-26)19(28)13-15-4-5-16(22)17(23)12-15/h4-5,12,18,24H,6-11,13-14H2,1-3H3/t18-/m1/s1. The largest absolute Gasteiger partial charge is 0.339 e. The van der Waals surface area contributed by atoms with Crippen LogP contribution in [-0.4, -0.2) is 83.9 Å². The maximum absolute atomic E-state index is 13.6. The summed E-state index contributed by atoms with van der Waals surface area (Å²) >= 11 is 5.69. The van der Waals surface area contributed by atoms with Crippen molar-refractivity contribution in [1.82, 2.24) is 20.0 Å². The van der Waals surface area contributed by atoms with Crippen molar-refractivity contribution in [1.29, 1.82) is 0 Å². The minimum absolute atomic E-state index is 0.0346.